The van der Waals surface area contributed by atoms with Crippen molar-refractivity contribution in [1.82, 2.24) is 4.31 Å². The van der Waals surface area contributed by atoms with Gasteiger partial charge in [-0.25, -0.2) is 8.42 Å². The Balaban J connectivity index is 1.87. The maximum atomic E-state index is 12.9. The molecule has 0 aliphatic carbocycles. The second-order valence-electron chi connectivity index (χ2n) is 6.07. The molecule has 1 heterocycles. The SMILES string of the molecule is Cc1cccc(N2CCN(S(=O)(=O)c3ccc(Cl)cc3)[C@@H](C)C2=O)c1. The Morgan fingerprint density at radius 3 is 2.40 bits per heavy atom. The molecule has 1 fully saturated rings. The van der Waals surface area contributed by atoms with Crippen LogP contribution in [0, 0.1) is 6.92 Å². The van der Waals surface area contributed by atoms with Crippen molar-refractivity contribution in [3.05, 3.63) is 59.1 Å². The average Bonchev–Trinajstić information content (AvgIpc) is 2.57. The Kier molecular flexibility index (Phi) is 4.86. The van der Waals surface area contributed by atoms with Gasteiger partial charge >= 0.3 is 0 Å². The van der Waals surface area contributed by atoms with Gasteiger partial charge in [-0.1, -0.05) is 23.7 Å². The van der Waals surface area contributed by atoms with Gasteiger partial charge in [0, 0.05) is 23.8 Å². The second kappa shape index (κ2) is 6.78. The number of hydrogen-bond donors (Lipinski definition) is 0. The first kappa shape index (κ1) is 17.9. The van der Waals surface area contributed by atoms with E-state index in [1.807, 2.05) is 31.2 Å². The smallest absolute Gasteiger partial charge is 0.245 e. The molecule has 2 aromatic rings. The molecule has 1 saturated heterocycles. The van der Waals surface area contributed by atoms with Gasteiger partial charge in [-0.15, -0.1) is 0 Å². The van der Waals surface area contributed by atoms with E-state index in [2.05, 4.69) is 0 Å². The molecule has 5 nitrogen and oxygen atoms in total. The van der Waals surface area contributed by atoms with Crippen molar-refractivity contribution < 1.29 is 13.2 Å². The lowest BCUT2D eigenvalue weighted by Crippen LogP contribution is -2.57. The van der Waals surface area contributed by atoms with Gasteiger partial charge in [0.1, 0.15) is 6.04 Å². The third kappa shape index (κ3) is 3.42. The maximum absolute atomic E-state index is 12.9. The fourth-order valence-electron chi connectivity index (χ4n) is 2.97. The first-order chi connectivity index (χ1) is 11.8. The number of amides is 1. The Hall–Kier alpha value is -1.89. The highest BCUT2D eigenvalue weighted by atomic mass is 35.5. The quantitative estimate of drug-likeness (QED) is 0.824. The number of piperazine rings is 1. The third-order valence-corrected chi connectivity index (χ3v) is 6.57. The lowest BCUT2D eigenvalue weighted by molar-refractivity contribution is -0.123. The fourth-order valence-corrected chi connectivity index (χ4v) is 4.68. The van der Waals surface area contributed by atoms with E-state index in [-0.39, 0.29) is 17.3 Å². The third-order valence-electron chi connectivity index (χ3n) is 4.33. The standard InChI is InChI=1S/C18H19ClN2O3S/c1-13-4-3-5-16(12-13)20-10-11-21(14(2)18(20)22)25(23,24)17-8-6-15(19)7-9-17/h3-9,12,14H,10-11H2,1-2H3/t14-/m0/s1. The summed E-state index contributed by atoms with van der Waals surface area (Å²) < 4.78 is 27.0. The Bertz CT molecular complexity index is 897. The zero-order chi connectivity index (χ0) is 18.2. The largest absolute Gasteiger partial charge is 0.310 e. The van der Waals surface area contributed by atoms with Crippen molar-refractivity contribution in [3.8, 4) is 0 Å². The molecule has 3 rings (SSSR count). The minimum Gasteiger partial charge on any atom is -0.310 e. The van der Waals surface area contributed by atoms with Crippen LogP contribution in [0.25, 0.3) is 0 Å². The van der Waals surface area contributed by atoms with E-state index < -0.39 is 16.1 Å². The Morgan fingerprint density at radius 1 is 1.08 bits per heavy atom. The topological polar surface area (TPSA) is 57.7 Å². The number of hydrogen-bond acceptors (Lipinski definition) is 3. The molecule has 0 bridgehead atoms. The normalized spacial score (nSPS) is 19.2. The van der Waals surface area contributed by atoms with Gasteiger partial charge in [0.25, 0.3) is 0 Å². The number of rotatable bonds is 3. The van der Waals surface area contributed by atoms with Gasteiger partial charge in [-0.2, -0.15) is 4.31 Å². The molecule has 132 valence electrons. The van der Waals surface area contributed by atoms with Crippen molar-refractivity contribution in [3.63, 3.8) is 0 Å². The molecule has 1 aliphatic heterocycles. The summed E-state index contributed by atoms with van der Waals surface area (Å²) in [4.78, 5) is 14.6. The highest BCUT2D eigenvalue weighted by Gasteiger charge is 2.39. The van der Waals surface area contributed by atoms with Crippen LogP contribution in [0.4, 0.5) is 5.69 Å². The monoisotopic (exact) mass is 378 g/mol. The zero-order valence-corrected chi connectivity index (χ0v) is 15.6. The van der Waals surface area contributed by atoms with Gasteiger partial charge in [0.05, 0.1) is 4.90 Å². The van der Waals surface area contributed by atoms with Crippen LogP contribution in [0.1, 0.15) is 12.5 Å². The predicted molar refractivity (Wildman–Crippen MR) is 98.3 cm³/mol. The van der Waals surface area contributed by atoms with Gasteiger partial charge in [-0.3, -0.25) is 4.79 Å². The van der Waals surface area contributed by atoms with E-state index in [0.29, 0.717) is 11.6 Å². The molecule has 1 atom stereocenters. The van der Waals surface area contributed by atoms with Crippen LogP contribution in [-0.2, 0) is 14.8 Å². The Morgan fingerprint density at radius 2 is 1.76 bits per heavy atom. The number of aryl methyl sites for hydroxylation is 1. The molecule has 0 unspecified atom stereocenters. The molecule has 0 spiro atoms. The minimum absolute atomic E-state index is 0.139. The first-order valence-electron chi connectivity index (χ1n) is 7.96. The summed E-state index contributed by atoms with van der Waals surface area (Å²) in [6.45, 7) is 4.14. The maximum Gasteiger partial charge on any atom is 0.245 e. The van der Waals surface area contributed by atoms with E-state index in [1.54, 1.807) is 11.8 Å². The molecule has 1 amide bonds. The molecule has 0 N–H and O–H groups in total. The van der Waals surface area contributed by atoms with Crippen LogP contribution < -0.4 is 4.90 Å². The van der Waals surface area contributed by atoms with Crippen molar-refractivity contribution in [2.45, 2.75) is 24.8 Å². The lowest BCUT2D eigenvalue weighted by atomic mass is 10.1. The number of sulfonamides is 1. The summed E-state index contributed by atoms with van der Waals surface area (Å²) >= 11 is 5.83. The van der Waals surface area contributed by atoms with Crippen molar-refractivity contribution in [1.29, 1.82) is 0 Å². The van der Waals surface area contributed by atoms with Crippen molar-refractivity contribution in [2.24, 2.45) is 0 Å². The molecule has 2 aromatic carbocycles. The molecule has 25 heavy (non-hydrogen) atoms. The summed E-state index contributed by atoms with van der Waals surface area (Å²) in [5.74, 6) is -0.227. The molecule has 7 heteroatoms. The summed E-state index contributed by atoms with van der Waals surface area (Å²) in [7, 11) is -3.75. The number of carbonyl (C=O) groups excluding carboxylic acids is 1. The summed E-state index contributed by atoms with van der Waals surface area (Å²) in [6, 6.07) is 12.8. The van der Waals surface area contributed by atoms with Crippen molar-refractivity contribution >= 4 is 33.2 Å². The molecule has 1 aliphatic rings. The van der Waals surface area contributed by atoms with Gasteiger partial charge in [-0.05, 0) is 55.8 Å². The first-order valence-corrected chi connectivity index (χ1v) is 9.78. The number of halogens is 1. The van der Waals surface area contributed by atoms with Gasteiger partial charge < -0.3 is 4.90 Å². The minimum atomic E-state index is -3.75. The van der Waals surface area contributed by atoms with E-state index in [1.165, 1.54) is 28.6 Å². The fraction of sp³-hybridized carbons (Fsp3) is 0.278. The van der Waals surface area contributed by atoms with Crippen LogP contribution in [-0.4, -0.2) is 37.8 Å². The zero-order valence-electron chi connectivity index (χ0n) is 14.0. The lowest BCUT2D eigenvalue weighted by Gasteiger charge is -2.38. The van der Waals surface area contributed by atoms with Crippen LogP contribution in [0.15, 0.2) is 53.4 Å². The number of carbonyl (C=O) groups is 1. The van der Waals surface area contributed by atoms with Gasteiger partial charge in [0.2, 0.25) is 15.9 Å². The highest BCUT2D eigenvalue weighted by molar-refractivity contribution is 7.89. The second-order valence-corrected chi connectivity index (χ2v) is 8.40. The van der Waals surface area contributed by atoms with E-state index in [4.69, 9.17) is 11.6 Å². The van der Waals surface area contributed by atoms with Crippen LogP contribution >= 0.6 is 11.6 Å². The summed E-state index contributed by atoms with van der Waals surface area (Å²) in [5.41, 5.74) is 1.84. The molecular weight excluding hydrogens is 360 g/mol. The molecular formula is C18H19ClN2O3S. The summed E-state index contributed by atoms with van der Waals surface area (Å²) in [6.07, 6.45) is 0. The van der Waals surface area contributed by atoms with E-state index >= 15 is 0 Å². The molecule has 0 saturated carbocycles. The molecule has 0 aromatic heterocycles. The predicted octanol–water partition coefficient (Wildman–Crippen LogP) is 3.07. The van der Waals surface area contributed by atoms with E-state index in [0.717, 1.165) is 11.3 Å². The Labute approximate surface area is 152 Å². The average molecular weight is 379 g/mol. The number of benzene rings is 2. The highest BCUT2D eigenvalue weighted by Crippen LogP contribution is 2.26. The van der Waals surface area contributed by atoms with Crippen LogP contribution in [0.5, 0.6) is 0 Å². The van der Waals surface area contributed by atoms with E-state index in [9.17, 15) is 13.2 Å². The van der Waals surface area contributed by atoms with Crippen LogP contribution in [0.3, 0.4) is 0 Å². The van der Waals surface area contributed by atoms with Crippen LogP contribution in [0.2, 0.25) is 5.02 Å². The summed E-state index contributed by atoms with van der Waals surface area (Å²) in [5, 5.41) is 0.465. The van der Waals surface area contributed by atoms with Crippen molar-refractivity contribution in [2.75, 3.05) is 18.0 Å². The molecule has 0 radical (unpaired) electrons. The number of nitrogens with zero attached hydrogens (tertiary/aromatic N) is 2. The van der Waals surface area contributed by atoms with Gasteiger partial charge in [0.15, 0.2) is 0 Å². The number of anilines is 1.